The van der Waals surface area contributed by atoms with Crippen LogP contribution in [0.3, 0.4) is 0 Å². The van der Waals surface area contributed by atoms with Gasteiger partial charge in [-0.15, -0.1) is 0 Å². The number of aromatic nitrogens is 1. The van der Waals surface area contributed by atoms with Crippen LogP contribution in [-0.4, -0.2) is 49.2 Å². The SMILES string of the molecule is CN(C)C1CCN(c2ccncc2CNC2CC2)C1. The molecule has 104 valence electrons. The molecule has 0 spiro atoms. The van der Waals surface area contributed by atoms with E-state index in [1.165, 1.54) is 30.5 Å². The second-order valence-corrected chi connectivity index (χ2v) is 6.01. The number of likely N-dealkylation sites (N-methyl/N-ethyl adjacent to an activating group) is 1. The molecule has 4 nitrogen and oxygen atoms in total. The van der Waals surface area contributed by atoms with E-state index in [9.17, 15) is 0 Å². The van der Waals surface area contributed by atoms with Crippen molar-refractivity contribution in [3.05, 3.63) is 24.0 Å². The van der Waals surface area contributed by atoms with Crippen molar-refractivity contribution in [2.45, 2.75) is 37.9 Å². The minimum atomic E-state index is 0.678. The predicted molar refractivity (Wildman–Crippen MR) is 78.4 cm³/mol. The van der Waals surface area contributed by atoms with Crippen LogP contribution in [0.4, 0.5) is 5.69 Å². The topological polar surface area (TPSA) is 31.4 Å². The van der Waals surface area contributed by atoms with Crippen LogP contribution < -0.4 is 10.2 Å². The van der Waals surface area contributed by atoms with Gasteiger partial charge in [-0.05, 0) is 39.4 Å². The molecule has 1 atom stereocenters. The van der Waals surface area contributed by atoms with E-state index >= 15 is 0 Å². The van der Waals surface area contributed by atoms with Crippen molar-refractivity contribution in [2.75, 3.05) is 32.1 Å². The minimum Gasteiger partial charge on any atom is -0.370 e. The van der Waals surface area contributed by atoms with Crippen molar-refractivity contribution >= 4 is 5.69 Å². The average molecular weight is 260 g/mol. The first kappa shape index (κ1) is 12.9. The van der Waals surface area contributed by atoms with E-state index < -0.39 is 0 Å². The zero-order chi connectivity index (χ0) is 13.2. The third-order valence-electron chi connectivity index (χ3n) is 4.27. The predicted octanol–water partition coefficient (Wildman–Crippen LogP) is 1.47. The first-order chi connectivity index (χ1) is 9.24. The van der Waals surface area contributed by atoms with Gasteiger partial charge in [0, 0.05) is 55.4 Å². The third-order valence-corrected chi connectivity index (χ3v) is 4.27. The normalized spacial score (nSPS) is 23.3. The molecule has 1 unspecified atom stereocenters. The minimum absolute atomic E-state index is 0.678. The fourth-order valence-corrected chi connectivity index (χ4v) is 2.79. The molecule has 3 rings (SSSR count). The van der Waals surface area contributed by atoms with Gasteiger partial charge in [-0.25, -0.2) is 0 Å². The summed E-state index contributed by atoms with van der Waals surface area (Å²) >= 11 is 0. The molecule has 19 heavy (non-hydrogen) atoms. The lowest BCUT2D eigenvalue weighted by Crippen LogP contribution is -2.32. The molecular weight excluding hydrogens is 236 g/mol. The Hall–Kier alpha value is -1.13. The average Bonchev–Trinajstić information content (AvgIpc) is 3.11. The Morgan fingerprint density at radius 3 is 2.89 bits per heavy atom. The number of hydrogen-bond acceptors (Lipinski definition) is 4. The third kappa shape index (κ3) is 3.07. The lowest BCUT2D eigenvalue weighted by Gasteiger charge is -2.24. The summed E-state index contributed by atoms with van der Waals surface area (Å²) in [5.74, 6) is 0. The van der Waals surface area contributed by atoms with Crippen molar-refractivity contribution in [3.63, 3.8) is 0 Å². The second-order valence-electron chi connectivity index (χ2n) is 6.01. The van der Waals surface area contributed by atoms with Crippen LogP contribution in [-0.2, 0) is 6.54 Å². The molecule has 2 heterocycles. The second kappa shape index (κ2) is 5.47. The molecule has 1 aromatic rings. The Labute approximate surface area is 115 Å². The summed E-state index contributed by atoms with van der Waals surface area (Å²) in [4.78, 5) is 9.14. The number of nitrogens with one attached hydrogen (secondary N) is 1. The molecule has 0 bridgehead atoms. The monoisotopic (exact) mass is 260 g/mol. The smallest absolute Gasteiger partial charge is 0.0443 e. The van der Waals surface area contributed by atoms with Crippen LogP contribution in [0.2, 0.25) is 0 Å². The maximum absolute atomic E-state index is 4.29. The summed E-state index contributed by atoms with van der Waals surface area (Å²) in [7, 11) is 4.35. The van der Waals surface area contributed by atoms with Gasteiger partial charge in [-0.3, -0.25) is 4.98 Å². The summed E-state index contributed by atoms with van der Waals surface area (Å²) in [6.07, 6.45) is 7.86. The first-order valence-corrected chi connectivity index (χ1v) is 7.31. The van der Waals surface area contributed by atoms with Gasteiger partial charge in [0.1, 0.15) is 0 Å². The molecule has 2 fully saturated rings. The van der Waals surface area contributed by atoms with E-state index in [1.807, 2.05) is 12.4 Å². The van der Waals surface area contributed by atoms with Crippen molar-refractivity contribution in [1.82, 2.24) is 15.2 Å². The van der Waals surface area contributed by atoms with Gasteiger partial charge >= 0.3 is 0 Å². The van der Waals surface area contributed by atoms with Crippen molar-refractivity contribution in [3.8, 4) is 0 Å². The van der Waals surface area contributed by atoms with E-state index in [-0.39, 0.29) is 0 Å². The maximum atomic E-state index is 4.29. The quantitative estimate of drug-likeness (QED) is 0.869. The standard InChI is InChI=1S/C15H24N4/c1-18(2)14-6-8-19(11-14)15-5-7-16-9-12(15)10-17-13-3-4-13/h5,7,9,13-14,17H,3-4,6,8,10-11H2,1-2H3. The summed E-state index contributed by atoms with van der Waals surface area (Å²) in [6.45, 7) is 3.24. The Morgan fingerprint density at radius 2 is 2.21 bits per heavy atom. The fourth-order valence-electron chi connectivity index (χ4n) is 2.79. The maximum Gasteiger partial charge on any atom is 0.0443 e. The number of nitrogens with zero attached hydrogens (tertiary/aromatic N) is 3. The molecule has 4 heteroatoms. The van der Waals surface area contributed by atoms with Gasteiger partial charge < -0.3 is 15.1 Å². The van der Waals surface area contributed by atoms with Crippen LogP contribution in [0.25, 0.3) is 0 Å². The number of pyridine rings is 1. The summed E-state index contributed by atoms with van der Waals surface area (Å²) in [5, 5.41) is 3.59. The van der Waals surface area contributed by atoms with E-state index in [0.717, 1.165) is 25.7 Å². The van der Waals surface area contributed by atoms with Crippen LogP contribution in [0.15, 0.2) is 18.5 Å². The summed E-state index contributed by atoms with van der Waals surface area (Å²) in [6, 6.07) is 3.60. The van der Waals surface area contributed by atoms with Gasteiger partial charge in [0.15, 0.2) is 0 Å². The Balaban J connectivity index is 1.69. The molecule has 0 amide bonds. The van der Waals surface area contributed by atoms with Gasteiger partial charge in [0.25, 0.3) is 0 Å². The van der Waals surface area contributed by atoms with Crippen LogP contribution in [0.5, 0.6) is 0 Å². The lowest BCUT2D eigenvalue weighted by atomic mass is 10.2. The molecule has 1 aromatic heterocycles. The first-order valence-electron chi connectivity index (χ1n) is 7.31. The molecule has 0 radical (unpaired) electrons. The van der Waals surface area contributed by atoms with Gasteiger partial charge in [-0.2, -0.15) is 0 Å². The molecule has 1 saturated carbocycles. The van der Waals surface area contributed by atoms with Gasteiger partial charge in [0.2, 0.25) is 0 Å². The van der Waals surface area contributed by atoms with Crippen molar-refractivity contribution < 1.29 is 0 Å². The molecular formula is C15H24N4. The van der Waals surface area contributed by atoms with Crippen LogP contribution in [0.1, 0.15) is 24.8 Å². The number of rotatable bonds is 5. The molecule has 1 N–H and O–H groups in total. The van der Waals surface area contributed by atoms with Crippen molar-refractivity contribution in [1.29, 1.82) is 0 Å². The van der Waals surface area contributed by atoms with E-state index in [1.54, 1.807) is 0 Å². The number of hydrogen-bond donors (Lipinski definition) is 1. The Kier molecular flexibility index (Phi) is 3.71. The Bertz CT molecular complexity index is 428. The van der Waals surface area contributed by atoms with Gasteiger partial charge in [0.05, 0.1) is 0 Å². The molecule has 2 aliphatic rings. The van der Waals surface area contributed by atoms with Crippen molar-refractivity contribution in [2.24, 2.45) is 0 Å². The zero-order valence-corrected chi connectivity index (χ0v) is 12.0. The Morgan fingerprint density at radius 1 is 1.37 bits per heavy atom. The summed E-state index contributed by atoms with van der Waals surface area (Å²) < 4.78 is 0. The van der Waals surface area contributed by atoms with Crippen LogP contribution in [0, 0.1) is 0 Å². The lowest BCUT2D eigenvalue weighted by molar-refractivity contribution is 0.315. The molecule has 0 aromatic carbocycles. The van der Waals surface area contributed by atoms with Crippen LogP contribution >= 0.6 is 0 Å². The largest absolute Gasteiger partial charge is 0.370 e. The van der Waals surface area contributed by atoms with E-state index in [4.69, 9.17) is 0 Å². The van der Waals surface area contributed by atoms with Gasteiger partial charge in [-0.1, -0.05) is 0 Å². The van der Waals surface area contributed by atoms with E-state index in [0.29, 0.717) is 6.04 Å². The molecule has 1 aliphatic carbocycles. The van der Waals surface area contributed by atoms with E-state index in [2.05, 4.69) is 40.3 Å². The highest BCUT2D eigenvalue weighted by Gasteiger charge is 2.26. The highest BCUT2D eigenvalue weighted by molar-refractivity contribution is 5.53. The molecule has 1 saturated heterocycles. The highest BCUT2D eigenvalue weighted by atomic mass is 15.2. The summed E-state index contributed by atoms with van der Waals surface area (Å²) in [5.41, 5.74) is 2.71. The fraction of sp³-hybridized carbons (Fsp3) is 0.667. The molecule has 1 aliphatic heterocycles. The number of anilines is 1. The highest BCUT2D eigenvalue weighted by Crippen LogP contribution is 2.26. The zero-order valence-electron chi connectivity index (χ0n) is 12.0.